The summed E-state index contributed by atoms with van der Waals surface area (Å²) in [6, 6.07) is 11.2. The van der Waals surface area contributed by atoms with Crippen molar-refractivity contribution in [1.29, 1.82) is 0 Å². The highest BCUT2D eigenvalue weighted by atomic mass is 16.2. The first-order chi connectivity index (χ1) is 14.8. The van der Waals surface area contributed by atoms with E-state index in [4.69, 9.17) is 5.73 Å². The fourth-order valence-electron chi connectivity index (χ4n) is 3.58. The number of rotatable bonds is 4. The summed E-state index contributed by atoms with van der Waals surface area (Å²) in [7, 11) is 0. The molecule has 2 amide bonds. The van der Waals surface area contributed by atoms with E-state index in [1.807, 2.05) is 0 Å². The van der Waals surface area contributed by atoms with E-state index in [2.05, 4.69) is 20.6 Å². The number of fused-ring (bicyclic) bond motifs is 1. The summed E-state index contributed by atoms with van der Waals surface area (Å²) in [5, 5.41) is 5.17. The number of nitrogens with two attached hydrogens (primary N) is 1. The maximum atomic E-state index is 12.6. The zero-order chi connectivity index (χ0) is 22.1. The summed E-state index contributed by atoms with van der Waals surface area (Å²) in [6.45, 7) is 0. The van der Waals surface area contributed by atoms with Gasteiger partial charge in [0.1, 0.15) is 23.4 Å². The van der Waals surface area contributed by atoms with Crippen LogP contribution in [0.25, 0.3) is 11.0 Å². The Morgan fingerprint density at radius 1 is 0.806 bits per heavy atom. The van der Waals surface area contributed by atoms with Gasteiger partial charge in [-0.25, -0.2) is 4.79 Å². The lowest BCUT2D eigenvalue weighted by atomic mass is 9.79. The minimum atomic E-state index is -1.18. The van der Waals surface area contributed by atoms with E-state index < -0.39 is 35.2 Å². The molecule has 1 heterocycles. The Kier molecular flexibility index (Phi) is 5.12. The predicted octanol–water partition coefficient (Wildman–Crippen LogP) is 1.18. The average molecular weight is 421 g/mol. The number of nitrogens with one attached hydrogen (secondary N) is 4. The Labute approximate surface area is 175 Å². The number of benzene rings is 2. The van der Waals surface area contributed by atoms with Crippen LogP contribution in [0.5, 0.6) is 0 Å². The Morgan fingerprint density at radius 3 is 2.00 bits per heavy atom. The average Bonchev–Trinajstić information content (AvgIpc) is 3.08. The minimum Gasteiger partial charge on any atom is -0.399 e. The van der Waals surface area contributed by atoms with Gasteiger partial charge in [-0.1, -0.05) is 6.07 Å². The number of hydrogen-bond donors (Lipinski definition) is 5. The molecular weight excluding hydrogens is 402 g/mol. The van der Waals surface area contributed by atoms with Crippen molar-refractivity contribution in [3.63, 3.8) is 0 Å². The number of imidazole rings is 1. The number of nitrogen functional groups attached to an aromatic ring is 1. The molecule has 10 nitrogen and oxygen atoms in total. The predicted molar refractivity (Wildman–Crippen MR) is 113 cm³/mol. The summed E-state index contributed by atoms with van der Waals surface area (Å²) in [4.78, 5) is 66.6. The number of carbonyl (C=O) groups excluding carboxylic acids is 4. The molecule has 6 N–H and O–H groups in total. The standard InChI is InChI=1S/C21H19N5O5/c22-10-2-1-3-11(6-10)23-19(29)13-8-18(28)14(9-17(13)27)20(30)24-12-4-5-15-16(7-12)26-21(31)25-15/h1-7,13-14H,8-9,22H2,(H,23,29)(H,24,30)(H2,25,26,31). The molecule has 158 valence electrons. The highest BCUT2D eigenvalue weighted by molar-refractivity contribution is 6.18. The van der Waals surface area contributed by atoms with E-state index in [1.54, 1.807) is 36.4 Å². The van der Waals surface area contributed by atoms with Crippen molar-refractivity contribution < 1.29 is 19.2 Å². The number of anilines is 3. The molecule has 2 atom stereocenters. The molecule has 3 aromatic rings. The van der Waals surface area contributed by atoms with Crippen molar-refractivity contribution >= 4 is 51.5 Å². The fraction of sp³-hybridized carbons (Fsp3) is 0.190. The molecule has 0 radical (unpaired) electrons. The van der Waals surface area contributed by atoms with Crippen molar-refractivity contribution in [3.05, 3.63) is 52.9 Å². The van der Waals surface area contributed by atoms with Crippen LogP contribution in [-0.2, 0) is 19.2 Å². The van der Waals surface area contributed by atoms with Crippen LogP contribution in [0.3, 0.4) is 0 Å². The van der Waals surface area contributed by atoms with Gasteiger partial charge >= 0.3 is 5.69 Å². The Bertz CT molecular complexity index is 1270. The first-order valence-electron chi connectivity index (χ1n) is 9.55. The third-order valence-electron chi connectivity index (χ3n) is 5.16. The van der Waals surface area contributed by atoms with E-state index in [1.165, 1.54) is 6.07 Å². The summed E-state index contributed by atoms with van der Waals surface area (Å²) < 4.78 is 0. The minimum absolute atomic E-state index is 0.352. The topological polar surface area (TPSA) is 167 Å². The van der Waals surface area contributed by atoms with Crippen LogP contribution in [0.4, 0.5) is 17.1 Å². The van der Waals surface area contributed by atoms with Crippen molar-refractivity contribution in [2.45, 2.75) is 12.8 Å². The van der Waals surface area contributed by atoms with Gasteiger partial charge < -0.3 is 26.3 Å². The summed E-state index contributed by atoms with van der Waals surface area (Å²) in [6.07, 6.45) is -0.710. The fourth-order valence-corrected chi connectivity index (χ4v) is 3.58. The number of aromatic amines is 2. The van der Waals surface area contributed by atoms with E-state index in [9.17, 15) is 24.0 Å². The number of aromatic nitrogens is 2. The van der Waals surface area contributed by atoms with Crippen LogP contribution in [0.1, 0.15) is 12.8 Å². The quantitative estimate of drug-likeness (QED) is 0.313. The molecule has 1 aliphatic rings. The second-order valence-electron chi connectivity index (χ2n) is 7.39. The molecule has 0 bridgehead atoms. The van der Waals surface area contributed by atoms with Crippen molar-refractivity contribution in [1.82, 2.24) is 9.97 Å². The normalized spacial score (nSPS) is 18.7. The monoisotopic (exact) mass is 421 g/mol. The van der Waals surface area contributed by atoms with Crippen LogP contribution >= 0.6 is 0 Å². The molecular formula is C21H19N5O5. The Hall–Kier alpha value is -4.21. The highest BCUT2D eigenvalue weighted by Crippen LogP contribution is 2.26. The number of carbonyl (C=O) groups is 4. The lowest BCUT2D eigenvalue weighted by Crippen LogP contribution is -2.43. The molecule has 0 spiro atoms. The number of ketones is 2. The number of amides is 2. The first kappa shape index (κ1) is 20.1. The molecule has 2 aromatic carbocycles. The van der Waals surface area contributed by atoms with Crippen molar-refractivity contribution in [3.8, 4) is 0 Å². The smallest absolute Gasteiger partial charge is 0.323 e. The summed E-state index contributed by atoms with van der Waals surface area (Å²) in [5.74, 6) is -4.54. The molecule has 10 heteroatoms. The number of Topliss-reactive ketones (excluding diaryl/α,β-unsaturated/α-hetero) is 2. The lowest BCUT2D eigenvalue weighted by molar-refractivity contribution is -0.145. The molecule has 1 aliphatic carbocycles. The van der Waals surface area contributed by atoms with E-state index >= 15 is 0 Å². The second-order valence-corrected chi connectivity index (χ2v) is 7.39. The van der Waals surface area contributed by atoms with Gasteiger partial charge in [-0.3, -0.25) is 19.2 Å². The van der Waals surface area contributed by atoms with Gasteiger partial charge in [0.25, 0.3) is 0 Å². The van der Waals surface area contributed by atoms with Gasteiger partial charge in [0.05, 0.1) is 11.0 Å². The van der Waals surface area contributed by atoms with Gasteiger partial charge in [-0.15, -0.1) is 0 Å². The van der Waals surface area contributed by atoms with Gasteiger partial charge in [0, 0.05) is 29.9 Å². The molecule has 1 aromatic heterocycles. The van der Waals surface area contributed by atoms with Gasteiger partial charge in [-0.05, 0) is 36.4 Å². The zero-order valence-electron chi connectivity index (χ0n) is 16.2. The Morgan fingerprint density at radius 2 is 1.39 bits per heavy atom. The van der Waals surface area contributed by atoms with Crippen molar-refractivity contribution in [2.75, 3.05) is 16.4 Å². The SMILES string of the molecule is Nc1cccc(NC(=O)C2CC(=O)C(C(=O)Nc3ccc4[nH]c(=O)[nH]c4c3)CC2=O)c1. The highest BCUT2D eigenvalue weighted by Gasteiger charge is 2.41. The number of H-pyrrole nitrogens is 2. The second kappa shape index (κ2) is 7.90. The van der Waals surface area contributed by atoms with Gasteiger partial charge in [0.2, 0.25) is 11.8 Å². The Balaban J connectivity index is 1.42. The van der Waals surface area contributed by atoms with E-state index in [0.717, 1.165) is 0 Å². The maximum absolute atomic E-state index is 12.6. The largest absolute Gasteiger partial charge is 0.399 e. The third-order valence-corrected chi connectivity index (χ3v) is 5.16. The van der Waals surface area contributed by atoms with Crippen LogP contribution in [0, 0.1) is 11.8 Å². The summed E-state index contributed by atoms with van der Waals surface area (Å²) >= 11 is 0. The molecule has 2 unspecified atom stereocenters. The number of hydrogen-bond acceptors (Lipinski definition) is 6. The maximum Gasteiger partial charge on any atom is 0.323 e. The van der Waals surface area contributed by atoms with E-state index in [0.29, 0.717) is 28.1 Å². The molecule has 1 fully saturated rings. The molecule has 0 aliphatic heterocycles. The zero-order valence-corrected chi connectivity index (χ0v) is 16.2. The lowest BCUT2D eigenvalue weighted by Gasteiger charge is -2.25. The van der Waals surface area contributed by atoms with Crippen LogP contribution in [0.2, 0.25) is 0 Å². The van der Waals surface area contributed by atoms with Crippen LogP contribution < -0.4 is 22.1 Å². The molecule has 4 rings (SSSR count). The van der Waals surface area contributed by atoms with Crippen molar-refractivity contribution in [2.24, 2.45) is 11.8 Å². The third kappa shape index (κ3) is 4.22. The van der Waals surface area contributed by atoms with Gasteiger partial charge in [-0.2, -0.15) is 0 Å². The summed E-state index contributed by atoms with van der Waals surface area (Å²) in [5.41, 5.74) is 7.59. The molecule has 31 heavy (non-hydrogen) atoms. The molecule has 1 saturated carbocycles. The van der Waals surface area contributed by atoms with E-state index in [-0.39, 0.29) is 18.5 Å². The van der Waals surface area contributed by atoms with Crippen LogP contribution in [0.15, 0.2) is 47.3 Å². The first-order valence-corrected chi connectivity index (χ1v) is 9.55. The van der Waals surface area contributed by atoms with Crippen LogP contribution in [-0.4, -0.2) is 33.3 Å². The molecule has 0 saturated heterocycles. The van der Waals surface area contributed by atoms with Gasteiger partial charge in [0.15, 0.2) is 0 Å².